The Bertz CT molecular complexity index is 1380. The predicted molar refractivity (Wildman–Crippen MR) is 126 cm³/mol. The lowest BCUT2D eigenvalue weighted by molar-refractivity contribution is -0.136. The van der Waals surface area contributed by atoms with Crippen LogP contribution in [0.15, 0.2) is 54.7 Å². The number of alkyl halides is 2. The molecule has 6 rings (SSSR count). The van der Waals surface area contributed by atoms with Crippen molar-refractivity contribution in [1.29, 1.82) is 0 Å². The number of carbonyl (C=O) groups is 3. The van der Waals surface area contributed by atoms with Gasteiger partial charge < -0.3 is 4.90 Å². The van der Waals surface area contributed by atoms with Gasteiger partial charge in [-0.05, 0) is 48.6 Å². The van der Waals surface area contributed by atoms with Gasteiger partial charge in [-0.3, -0.25) is 24.3 Å². The third kappa shape index (κ3) is 3.98. The van der Waals surface area contributed by atoms with E-state index < -0.39 is 17.9 Å². The quantitative estimate of drug-likeness (QED) is 0.550. The molecule has 1 saturated carbocycles. The Labute approximate surface area is 206 Å². The zero-order chi connectivity index (χ0) is 25.0. The minimum atomic E-state index is -2.57. The van der Waals surface area contributed by atoms with E-state index in [0.717, 1.165) is 22.5 Å². The minimum absolute atomic E-state index is 0.0910. The molecule has 1 unspecified atom stereocenters. The highest BCUT2D eigenvalue weighted by atomic mass is 19.3. The number of piperidine rings is 1. The first-order valence-electron chi connectivity index (χ1n) is 12.1. The van der Waals surface area contributed by atoms with Crippen molar-refractivity contribution in [3.8, 4) is 17.1 Å². The summed E-state index contributed by atoms with van der Waals surface area (Å²) in [5, 5.41) is 2.32. The maximum absolute atomic E-state index is 13.4. The van der Waals surface area contributed by atoms with Crippen molar-refractivity contribution < 1.29 is 23.2 Å². The summed E-state index contributed by atoms with van der Waals surface area (Å²) in [4.78, 5) is 43.3. The molecule has 1 saturated heterocycles. The fraction of sp³-hybridized carbons (Fsp3) is 0.333. The highest BCUT2D eigenvalue weighted by Gasteiger charge is 2.45. The SMILES string of the molecule is O=C1CCC(N2Cc3cc(-c4nc(CC5CC(F)(F)C5)cn4-c4ccccc4)ccc3C2=O)C(=O)N1. The van der Waals surface area contributed by atoms with Gasteiger partial charge in [-0.1, -0.05) is 24.3 Å². The van der Waals surface area contributed by atoms with Crippen LogP contribution in [0.1, 0.15) is 47.3 Å². The molecule has 1 aliphatic carbocycles. The van der Waals surface area contributed by atoms with Gasteiger partial charge in [0.25, 0.3) is 5.91 Å². The number of imidazole rings is 1. The van der Waals surface area contributed by atoms with Gasteiger partial charge in [0.2, 0.25) is 17.7 Å². The van der Waals surface area contributed by atoms with Crippen LogP contribution in [-0.2, 0) is 22.6 Å². The maximum atomic E-state index is 13.4. The number of amides is 3. The fourth-order valence-electron chi connectivity index (χ4n) is 5.45. The van der Waals surface area contributed by atoms with Crippen LogP contribution in [0, 0.1) is 5.92 Å². The van der Waals surface area contributed by atoms with Crippen LogP contribution < -0.4 is 5.32 Å². The first-order chi connectivity index (χ1) is 17.3. The van der Waals surface area contributed by atoms with Crippen molar-refractivity contribution in [3.05, 3.63) is 71.5 Å². The molecule has 3 aromatic rings. The first-order valence-corrected chi connectivity index (χ1v) is 12.1. The number of aromatic nitrogens is 2. The average molecular weight is 491 g/mol. The zero-order valence-corrected chi connectivity index (χ0v) is 19.4. The van der Waals surface area contributed by atoms with Crippen LogP contribution in [0.2, 0.25) is 0 Å². The van der Waals surface area contributed by atoms with Gasteiger partial charge in [0.15, 0.2) is 0 Å². The van der Waals surface area contributed by atoms with Gasteiger partial charge in [-0.15, -0.1) is 0 Å². The number of hydrogen-bond donors (Lipinski definition) is 1. The number of halogens is 2. The van der Waals surface area contributed by atoms with Gasteiger partial charge in [0.05, 0.1) is 5.69 Å². The highest BCUT2D eigenvalue weighted by molar-refractivity contribution is 6.05. The van der Waals surface area contributed by atoms with E-state index in [2.05, 4.69) is 5.32 Å². The molecule has 2 aliphatic heterocycles. The molecule has 184 valence electrons. The maximum Gasteiger partial charge on any atom is 0.255 e. The first kappa shape index (κ1) is 22.6. The summed E-state index contributed by atoms with van der Waals surface area (Å²) in [6, 6.07) is 14.5. The van der Waals surface area contributed by atoms with E-state index in [0.29, 0.717) is 24.2 Å². The molecule has 0 spiro atoms. The van der Waals surface area contributed by atoms with Crippen LogP contribution in [0.4, 0.5) is 8.78 Å². The normalized spacial score (nSPS) is 21.3. The lowest BCUT2D eigenvalue weighted by atomic mass is 9.78. The zero-order valence-electron chi connectivity index (χ0n) is 19.4. The summed E-state index contributed by atoms with van der Waals surface area (Å²) >= 11 is 0. The molecular weight excluding hydrogens is 466 g/mol. The fourth-order valence-corrected chi connectivity index (χ4v) is 5.45. The van der Waals surface area contributed by atoms with Crippen LogP contribution in [0.5, 0.6) is 0 Å². The number of benzene rings is 2. The number of fused-ring (bicyclic) bond motifs is 1. The Kier molecular flexibility index (Phi) is 5.24. The smallest absolute Gasteiger partial charge is 0.255 e. The number of nitrogens with zero attached hydrogens (tertiary/aromatic N) is 3. The Balaban J connectivity index is 1.31. The second-order valence-corrected chi connectivity index (χ2v) is 9.87. The summed E-state index contributed by atoms with van der Waals surface area (Å²) in [6.45, 7) is 0.268. The van der Waals surface area contributed by atoms with Gasteiger partial charge in [0, 0.05) is 48.8 Å². The number of rotatable bonds is 5. The Morgan fingerprint density at radius 2 is 1.83 bits per heavy atom. The van der Waals surface area contributed by atoms with Crippen LogP contribution in [0.3, 0.4) is 0 Å². The second kappa shape index (κ2) is 8.36. The molecule has 1 aromatic heterocycles. The van der Waals surface area contributed by atoms with Gasteiger partial charge in [-0.2, -0.15) is 0 Å². The molecule has 1 atom stereocenters. The highest BCUT2D eigenvalue weighted by Crippen LogP contribution is 2.44. The van der Waals surface area contributed by atoms with Gasteiger partial charge in [-0.25, -0.2) is 13.8 Å². The molecule has 0 radical (unpaired) electrons. The average Bonchev–Trinajstić information content (AvgIpc) is 3.39. The van der Waals surface area contributed by atoms with Crippen LogP contribution in [0.25, 0.3) is 17.1 Å². The lowest BCUT2D eigenvalue weighted by Gasteiger charge is -2.34. The Morgan fingerprint density at radius 1 is 1.06 bits per heavy atom. The van der Waals surface area contributed by atoms with Crippen molar-refractivity contribution in [2.75, 3.05) is 0 Å². The van der Waals surface area contributed by atoms with Gasteiger partial charge in [0.1, 0.15) is 11.9 Å². The van der Waals surface area contributed by atoms with E-state index in [-0.39, 0.29) is 43.5 Å². The molecular formula is C27H24F2N4O3. The molecule has 36 heavy (non-hydrogen) atoms. The van der Waals surface area contributed by atoms with Crippen molar-refractivity contribution in [2.24, 2.45) is 5.92 Å². The minimum Gasteiger partial charge on any atom is -0.322 e. The van der Waals surface area contributed by atoms with E-state index >= 15 is 0 Å². The summed E-state index contributed by atoms with van der Waals surface area (Å²) in [7, 11) is 0. The monoisotopic (exact) mass is 490 g/mol. The molecule has 3 heterocycles. The van der Waals surface area contributed by atoms with Crippen molar-refractivity contribution >= 4 is 17.7 Å². The number of hydrogen-bond acceptors (Lipinski definition) is 4. The summed E-state index contributed by atoms with van der Waals surface area (Å²) in [5.41, 5.74) is 3.74. The van der Waals surface area contributed by atoms with Gasteiger partial charge >= 0.3 is 0 Å². The number of imide groups is 1. The summed E-state index contributed by atoms with van der Waals surface area (Å²) < 4.78 is 28.7. The molecule has 3 aliphatic rings. The molecule has 2 fully saturated rings. The number of nitrogens with one attached hydrogen (secondary N) is 1. The van der Waals surface area contributed by atoms with Crippen molar-refractivity contribution in [3.63, 3.8) is 0 Å². The molecule has 7 nitrogen and oxygen atoms in total. The lowest BCUT2D eigenvalue weighted by Crippen LogP contribution is -2.52. The van der Waals surface area contributed by atoms with Crippen molar-refractivity contribution in [1.82, 2.24) is 19.8 Å². The molecule has 2 aromatic carbocycles. The molecule has 3 amide bonds. The Hall–Kier alpha value is -3.88. The van der Waals surface area contributed by atoms with E-state index in [1.807, 2.05) is 53.2 Å². The number of para-hydroxylation sites is 1. The van der Waals surface area contributed by atoms with Crippen molar-refractivity contribution in [2.45, 2.75) is 50.6 Å². The third-order valence-corrected chi connectivity index (χ3v) is 7.24. The number of carbonyl (C=O) groups excluding carboxylic acids is 3. The van der Waals surface area contributed by atoms with E-state index in [4.69, 9.17) is 4.98 Å². The van der Waals surface area contributed by atoms with E-state index in [1.54, 1.807) is 6.07 Å². The summed E-state index contributed by atoms with van der Waals surface area (Å²) in [6.07, 6.45) is 2.66. The largest absolute Gasteiger partial charge is 0.322 e. The molecule has 0 bridgehead atoms. The topological polar surface area (TPSA) is 84.3 Å². The second-order valence-electron chi connectivity index (χ2n) is 9.87. The van der Waals surface area contributed by atoms with E-state index in [1.165, 1.54) is 4.90 Å². The molecule has 1 N–H and O–H groups in total. The van der Waals surface area contributed by atoms with Crippen LogP contribution in [-0.4, -0.2) is 44.1 Å². The van der Waals surface area contributed by atoms with Crippen LogP contribution >= 0.6 is 0 Å². The molecule has 9 heteroatoms. The predicted octanol–water partition coefficient (Wildman–Crippen LogP) is 3.89. The standard InChI is InChI=1S/C27H24F2N4O3/c28-27(29)12-16(13-27)10-19-15-32(20-4-2-1-3-5-20)24(30-19)17-6-7-21-18(11-17)14-33(26(21)36)22-8-9-23(34)31-25(22)35/h1-7,11,15-16,22H,8-10,12-14H2,(H,31,34,35). The summed E-state index contributed by atoms with van der Waals surface area (Å²) in [5.74, 6) is -3.00. The Morgan fingerprint density at radius 3 is 2.56 bits per heavy atom. The third-order valence-electron chi connectivity index (χ3n) is 7.24. The van der Waals surface area contributed by atoms with E-state index in [9.17, 15) is 23.2 Å².